The number of aromatic nitrogens is 2. The molecule has 1 aromatic rings. The predicted octanol–water partition coefficient (Wildman–Crippen LogP) is 2.77. The van der Waals surface area contributed by atoms with Gasteiger partial charge in [-0.2, -0.15) is 4.98 Å². The lowest BCUT2D eigenvalue weighted by molar-refractivity contribution is 0.313. The molecule has 0 aromatic carbocycles. The van der Waals surface area contributed by atoms with Gasteiger partial charge in [0.2, 0.25) is 5.89 Å². The molecule has 2 aliphatic carbocycles. The molecule has 0 spiro atoms. The average Bonchev–Trinajstić information content (AvgIpc) is 3.05. The molecule has 0 saturated heterocycles. The Labute approximate surface area is 102 Å². The van der Waals surface area contributed by atoms with Gasteiger partial charge in [0.15, 0.2) is 5.82 Å². The summed E-state index contributed by atoms with van der Waals surface area (Å²) >= 11 is 0. The van der Waals surface area contributed by atoms with Crippen LogP contribution in [0.5, 0.6) is 0 Å². The molecule has 3 atom stereocenters. The second-order valence-corrected chi connectivity index (χ2v) is 5.82. The predicted molar refractivity (Wildman–Crippen MR) is 64.3 cm³/mol. The van der Waals surface area contributed by atoms with Crippen molar-refractivity contribution in [3.63, 3.8) is 0 Å². The molecule has 3 rings (SSSR count). The first-order chi connectivity index (χ1) is 8.24. The first-order valence-corrected chi connectivity index (χ1v) is 6.83. The molecule has 1 heterocycles. The second-order valence-electron chi connectivity index (χ2n) is 5.82. The molecule has 2 fully saturated rings. The van der Waals surface area contributed by atoms with Gasteiger partial charge in [0.1, 0.15) is 0 Å². The first-order valence-electron chi connectivity index (χ1n) is 6.83. The lowest BCUT2D eigenvalue weighted by atomic mass is 9.82. The quantitative estimate of drug-likeness (QED) is 0.874. The molecule has 0 bridgehead atoms. The maximum absolute atomic E-state index is 6.07. The van der Waals surface area contributed by atoms with E-state index >= 15 is 0 Å². The summed E-state index contributed by atoms with van der Waals surface area (Å²) in [4.78, 5) is 4.53. The maximum atomic E-state index is 6.07. The van der Waals surface area contributed by atoms with Crippen LogP contribution < -0.4 is 5.73 Å². The van der Waals surface area contributed by atoms with E-state index in [0.29, 0.717) is 17.7 Å². The highest BCUT2D eigenvalue weighted by atomic mass is 16.5. The summed E-state index contributed by atoms with van der Waals surface area (Å²) in [6.07, 6.45) is 7.42. The molecule has 17 heavy (non-hydrogen) atoms. The number of rotatable bonds is 3. The number of nitrogens with two attached hydrogens (primary N) is 1. The molecule has 4 nitrogen and oxygen atoms in total. The van der Waals surface area contributed by atoms with Gasteiger partial charge >= 0.3 is 0 Å². The fourth-order valence-corrected chi connectivity index (χ4v) is 2.87. The zero-order valence-electron chi connectivity index (χ0n) is 10.4. The highest BCUT2D eigenvalue weighted by molar-refractivity contribution is 5.02. The van der Waals surface area contributed by atoms with Crippen molar-refractivity contribution in [2.45, 2.75) is 57.4 Å². The summed E-state index contributed by atoms with van der Waals surface area (Å²) in [6.45, 7) is 2.31. The molecule has 2 N–H and O–H groups in total. The lowest BCUT2D eigenvalue weighted by Gasteiger charge is -2.23. The summed E-state index contributed by atoms with van der Waals surface area (Å²) in [5, 5.41) is 4.14. The van der Waals surface area contributed by atoms with Crippen molar-refractivity contribution in [1.29, 1.82) is 0 Å². The largest absolute Gasteiger partial charge is 0.338 e. The fraction of sp³-hybridized carbons (Fsp3) is 0.846. The summed E-state index contributed by atoms with van der Waals surface area (Å²) in [6, 6.07) is -0.0303. The third-order valence-electron chi connectivity index (χ3n) is 4.17. The molecule has 0 radical (unpaired) electrons. The molecule has 2 aliphatic rings. The topological polar surface area (TPSA) is 64.9 Å². The summed E-state index contributed by atoms with van der Waals surface area (Å²) in [5.74, 6) is 3.40. The van der Waals surface area contributed by atoms with E-state index in [-0.39, 0.29) is 6.04 Å². The number of hydrogen-bond acceptors (Lipinski definition) is 4. The molecule has 2 saturated carbocycles. The van der Waals surface area contributed by atoms with Crippen LogP contribution in [-0.2, 0) is 0 Å². The van der Waals surface area contributed by atoms with Crippen molar-refractivity contribution in [2.75, 3.05) is 0 Å². The van der Waals surface area contributed by atoms with E-state index in [1.165, 1.54) is 38.5 Å². The molecule has 94 valence electrons. The zero-order chi connectivity index (χ0) is 11.8. The minimum absolute atomic E-state index is 0.0303. The normalized spacial score (nSPS) is 31.4. The van der Waals surface area contributed by atoms with Crippen molar-refractivity contribution >= 4 is 0 Å². The van der Waals surface area contributed by atoms with Crippen molar-refractivity contribution < 1.29 is 4.52 Å². The van der Waals surface area contributed by atoms with E-state index in [1.807, 2.05) is 0 Å². The Morgan fingerprint density at radius 3 is 2.82 bits per heavy atom. The van der Waals surface area contributed by atoms with Crippen LogP contribution in [-0.4, -0.2) is 10.1 Å². The molecule has 1 aromatic heterocycles. The highest BCUT2D eigenvalue weighted by Crippen LogP contribution is 2.40. The number of nitrogens with zero attached hydrogens (tertiary/aromatic N) is 2. The minimum Gasteiger partial charge on any atom is -0.338 e. The van der Waals surface area contributed by atoms with Crippen molar-refractivity contribution in [3.8, 4) is 0 Å². The molecule has 0 amide bonds. The Hall–Kier alpha value is -0.900. The summed E-state index contributed by atoms with van der Waals surface area (Å²) < 4.78 is 5.33. The van der Waals surface area contributed by atoms with Crippen LogP contribution in [0.2, 0.25) is 0 Å². The van der Waals surface area contributed by atoms with Crippen molar-refractivity contribution in [3.05, 3.63) is 11.7 Å². The van der Waals surface area contributed by atoms with Gasteiger partial charge in [-0.1, -0.05) is 24.9 Å². The average molecular weight is 235 g/mol. The van der Waals surface area contributed by atoms with Gasteiger partial charge in [0, 0.05) is 5.92 Å². The van der Waals surface area contributed by atoms with Gasteiger partial charge in [-0.05, 0) is 37.5 Å². The number of hydrogen-bond donors (Lipinski definition) is 1. The summed E-state index contributed by atoms with van der Waals surface area (Å²) in [7, 11) is 0. The third-order valence-corrected chi connectivity index (χ3v) is 4.17. The van der Waals surface area contributed by atoms with E-state index < -0.39 is 0 Å². The second kappa shape index (κ2) is 4.41. The SMILES string of the molecule is CC1CCCC(c2noc(C(N)C3CC3)n2)C1. The Kier molecular flexibility index (Phi) is 2.90. The molecule has 0 aliphatic heterocycles. The van der Waals surface area contributed by atoms with Gasteiger partial charge in [-0.15, -0.1) is 0 Å². The van der Waals surface area contributed by atoms with Gasteiger partial charge in [-0.3, -0.25) is 0 Å². The van der Waals surface area contributed by atoms with E-state index in [2.05, 4.69) is 17.1 Å². The Morgan fingerprint density at radius 1 is 1.29 bits per heavy atom. The van der Waals surface area contributed by atoms with Crippen molar-refractivity contribution in [1.82, 2.24) is 10.1 Å². The van der Waals surface area contributed by atoms with Gasteiger partial charge in [0.05, 0.1) is 6.04 Å². The van der Waals surface area contributed by atoms with Crippen molar-refractivity contribution in [2.24, 2.45) is 17.6 Å². The molecule has 3 unspecified atom stereocenters. The van der Waals surface area contributed by atoms with Crippen LogP contribution in [0.4, 0.5) is 0 Å². The van der Waals surface area contributed by atoms with E-state index in [1.54, 1.807) is 0 Å². The smallest absolute Gasteiger partial charge is 0.243 e. The van der Waals surface area contributed by atoms with Gasteiger partial charge in [-0.25, -0.2) is 0 Å². The van der Waals surface area contributed by atoms with E-state index in [9.17, 15) is 0 Å². The van der Waals surface area contributed by atoms with Crippen LogP contribution >= 0.6 is 0 Å². The Balaban J connectivity index is 1.70. The Morgan fingerprint density at radius 2 is 2.12 bits per heavy atom. The van der Waals surface area contributed by atoms with E-state index in [4.69, 9.17) is 10.3 Å². The van der Waals surface area contributed by atoms with Crippen LogP contribution in [0.15, 0.2) is 4.52 Å². The highest BCUT2D eigenvalue weighted by Gasteiger charge is 2.34. The van der Waals surface area contributed by atoms with Crippen LogP contribution in [0.25, 0.3) is 0 Å². The minimum atomic E-state index is -0.0303. The molecule has 4 heteroatoms. The monoisotopic (exact) mass is 235 g/mol. The Bertz CT molecular complexity index is 386. The van der Waals surface area contributed by atoms with Crippen LogP contribution in [0, 0.1) is 11.8 Å². The van der Waals surface area contributed by atoms with Gasteiger partial charge in [0.25, 0.3) is 0 Å². The first kappa shape index (κ1) is 11.2. The lowest BCUT2D eigenvalue weighted by Crippen LogP contribution is -2.15. The molecular formula is C13H21N3O. The summed E-state index contributed by atoms with van der Waals surface area (Å²) in [5.41, 5.74) is 6.07. The van der Waals surface area contributed by atoms with E-state index in [0.717, 1.165) is 11.7 Å². The third kappa shape index (κ3) is 2.37. The zero-order valence-corrected chi connectivity index (χ0v) is 10.4. The maximum Gasteiger partial charge on any atom is 0.243 e. The van der Waals surface area contributed by atoms with Gasteiger partial charge < -0.3 is 10.3 Å². The van der Waals surface area contributed by atoms with Crippen LogP contribution in [0.1, 0.15) is 69.1 Å². The fourth-order valence-electron chi connectivity index (χ4n) is 2.87. The standard InChI is InChI=1S/C13H21N3O/c1-8-3-2-4-10(7-8)12-15-13(17-16-12)11(14)9-5-6-9/h8-11H,2-7,14H2,1H3. The molecular weight excluding hydrogens is 214 g/mol. The van der Waals surface area contributed by atoms with Crippen LogP contribution in [0.3, 0.4) is 0 Å².